The highest BCUT2D eigenvalue weighted by atomic mass is 19.1. The molecule has 8 heteroatoms. The number of carbonyl (C=O) groups excluding carboxylic acids is 2. The van der Waals surface area contributed by atoms with Crippen LogP contribution in [0.4, 0.5) is 15.8 Å². The normalized spacial score (nSPS) is 11.4. The molecule has 27 heavy (non-hydrogen) atoms. The second-order valence-corrected chi connectivity index (χ2v) is 5.69. The SMILES string of the molecule is C=C(c1ccccc1F)c1cc([N+](=O)[O-])ccc1NC(=O)C(C)OC(C)=O. The van der Waals surface area contributed by atoms with Crippen molar-refractivity contribution >= 4 is 28.8 Å². The highest BCUT2D eigenvalue weighted by molar-refractivity contribution is 5.99. The van der Waals surface area contributed by atoms with Crippen LogP contribution in [-0.2, 0) is 14.3 Å². The van der Waals surface area contributed by atoms with E-state index < -0.39 is 28.7 Å². The molecule has 2 aromatic carbocycles. The summed E-state index contributed by atoms with van der Waals surface area (Å²) < 4.78 is 18.9. The number of nitrogens with one attached hydrogen (secondary N) is 1. The third-order valence-electron chi connectivity index (χ3n) is 3.71. The number of anilines is 1. The van der Waals surface area contributed by atoms with Crippen molar-refractivity contribution in [2.75, 3.05) is 5.32 Å². The molecule has 1 atom stereocenters. The van der Waals surface area contributed by atoms with Gasteiger partial charge in [0.2, 0.25) is 0 Å². The molecule has 0 fully saturated rings. The van der Waals surface area contributed by atoms with E-state index in [1.807, 2.05) is 0 Å². The molecule has 0 aliphatic rings. The number of non-ortho nitro benzene ring substituents is 1. The Morgan fingerprint density at radius 3 is 2.48 bits per heavy atom. The molecule has 0 aromatic heterocycles. The van der Waals surface area contributed by atoms with Crippen LogP contribution in [0.5, 0.6) is 0 Å². The van der Waals surface area contributed by atoms with Crippen LogP contribution in [0.25, 0.3) is 5.57 Å². The summed E-state index contributed by atoms with van der Waals surface area (Å²) in [5, 5.41) is 13.6. The largest absolute Gasteiger partial charge is 0.453 e. The van der Waals surface area contributed by atoms with Gasteiger partial charge in [-0.05, 0) is 24.6 Å². The Morgan fingerprint density at radius 1 is 1.22 bits per heavy atom. The van der Waals surface area contributed by atoms with Gasteiger partial charge in [-0.15, -0.1) is 0 Å². The highest BCUT2D eigenvalue weighted by Crippen LogP contribution is 2.32. The lowest BCUT2D eigenvalue weighted by molar-refractivity contribution is -0.384. The maximum Gasteiger partial charge on any atom is 0.303 e. The zero-order chi connectivity index (χ0) is 20.1. The number of carbonyl (C=O) groups is 2. The van der Waals surface area contributed by atoms with Gasteiger partial charge in [0.25, 0.3) is 11.6 Å². The zero-order valence-electron chi connectivity index (χ0n) is 14.7. The Balaban J connectivity index is 2.44. The fourth-order valence-corrected chi connectivity index (χ4v) is 2.39. The molecule has 140 valence electrons. The standard InChI is InChI=1S/C19H17FN2O5/c1-11(15-6-4-5-7-17(15)20)16-10-14(22(25)26)8-9-18(16)21-19(24)12(2)27-13(3)23/h4-10,12H,1H2,2-3H3,(H,21,24). The predicted octanol–water partition coefficient (Wildman–Crippen LogP) is 3.69. The second-order valence-electron chi connectivity index (χ2n) is 5.69. The van der Waals surface area contributed by atoms with E-state index in [1.54, 1.807) is 6.07 Å². The first kappa shape index (κ1) is 19.8. The van der Waals surface area contributed by atoms with Gasteiger partial charge in [0.1, 0.15) is 5.82 Å². The molecule has 0 aliphatic heterocycles. The minimum absolute atomic E-state index is 0.140. The molecule has 0 saturated carbocycles. The first-order valence-electron chi connectivity index (χ1n) is 7.91. The van der Waals surface area contributed by atoms with E-state index in [0.717, 1.165) is 0 Å². The summed E-state index contributed by atoms with van der Waals surface area (Å²) in [6.07, 6.45) is -1.08. The Labute approximate surface area is 154 Å². The number of hydrogen-bond acceptors (Lipinski definition) is 5. The van der Waals surface area contributed by atoms with Crippen molar-refractivity contribution < 1.29 is 23.6 Å². The lowest BCUT2D eigenvalue weighted by atomic mass is 9.97. The maximum absolute atomic E-state index is 14.1. The number of amides is 1. The average molecular weight is 372 g/mol. The molecule has 0 saturated heterocycles. The fraction of sp³-hybridized carbons (Fsp3) is 0.158. The van der Waals surface area contributed by atoms with Crippen molar-refractivity contribution in [1.29, 1.82) is 0 Å². The highest BCUT2D eigenvalue weighted by Gasteiger charge is 2.21. The van der Waals surface area contributed by atoms with Gasteiger partial charge in [0.15, 0.2) is 6.10 Å². The maximum atomic E-state index is 14.1. The van der Waals surface area contributed by atoms with Crippen molar-refractivity contribution in [3.8, 4) is 0 Å². The molecule has 7 nitrogen and oxygen atoms in total. The third kappa shape index (κ3) is 4.75. The van der Waals surface area contributed by atoms with Crippen molar-refractivity contribution in [2.24, 2.45) is 0 Å². The lowest BCUT2D eigenvalue weighted by Gasteiger charge is -2.16. The van der Waals surface area contributed by atoms with Crippen LogP contribution in [-0.4, -0.2) is 22.9 Å². The summed E-state index contributed by atoms with van der Waals surface area (Å²) in [6.45, 7) is 6.37. The van der Waals surface area contributed by atoms with E-state index >= 15 is 0 Å². The van der Waals surface area contributed by atoms with E-state index in [4.69, 9.17) is 4.74 Å². The number of esters is 1. The van der Waals surface area contributed by atoms with E-state index in [9.17, 15) is 24.1 Å². The molecule has 0 spiro atoms. The molecule has 0 heterocycles. The molecule has 0 radical (unpaired) electrons. The van der Waals surface area contributed by atoms with Gasteiger partial charge in [-0.2, -0.15) is 0 Å². The molecular formula is C19H17FN2O5. The monoisotopic (exact) mass is 372 g/mol. The average Bonchev–Trinajstić information content (AvgIpc) is 2.61. The molecular weight excluding hydrogens is 355 g/mol. The molecule has 2 aromatic rings. The number of hydrogen-bond donors (Lipinski definition) is 1. The van der Waals surface area contributed by atoms with Crippen LogP contribution in [0.2, 0.25) is 0 Å². The number of rotatable bonds is 6. The Hall–Kier alpha value is -3.55. The van der Waals surface area contributed by atoms with Gasteiger partial charge in [0, 0.05) is 35.9 Å². The van der Waals surface area contributed by atoms with Gasteiger partial charge in [-0.25, -0.2) is 4.39 Å². The van der Waals surface area contributed by atoms with Gasteiger partial charge in [-0.1, -0.05) is 24.8 Å². The molecule has 1 amide bonds. The van der Waals surface area contributed by atoms with E-state index in [1.165, 1.54) is 50.2 Å². The molecule has 0 bridgehead atoms. The number of nitro groups is 1. The summed E-state index contributed by atoms with van der Waals surface area (Å²) in [6, 6.07) is 9.52. The van der Waals surface area contributed by atoms with Crippen LogP contribution < -0.4 is 5.32 Å². The van der Waals surface area contributed by atoms with Crippen LogP contribution in [0.3, 0.4) is 0 Å². The van der Waals surface area contributed by atoms with Gasteiger partial charge in [-0.3, -0.25) is 19.7 Å². The number of nitrogens with zero attached hydrogens (tertiary/aromatic N) is 1. The number of halogens is 1. The summed E-state index contributed by atoms with van der Waals surface area (Å²) >= 11 is 0. The molecule has 0 aliphatic carbocycles. The minimum Gasteiger partial charge on any atom is -0.453 e. The number of benzene rings is 2. The molecule has 1 N–H and O–H groups in total. The summed E-state index contributed by atoms with van der Waals surface area (Å²) in [7, 11) is 0. The summed E-state index contributed by atoms with van der Waals surface area (Å²) in [5.74, 6) is -1.82. The summed E-state index contributed by atoms with van der Waals surface area (Å²) in [4.78, 5) is 33.7. The van der Waals surface area contributed by atoms with Crippen molar-refractivity contribution in [3.63, 3.8) is 0 Å². The van der Waals surface area contributed by atoms with Crippen molar-refractivity contribution in [3.05, 3.63) is 76.1 Å². The van der Waals surface area contributed by atoms with Gasteiger partial charge >= 0.3 is 5.97 Å². The van der Waals surface area contributed by atoms with E-state index in [2.05, 4.69) is 11.9 Å². The minimum atomic E-state index is -1.08. The first-order valence-corrected chi connectivity index (χ1v) is 7.91. The van der Waals surface area contributed by atoms with Crippen LogP contribution in [0.15, 0.2) is 49.0 Å². The Bertz CT molecular complexity index is 926. The van der Waals surface area contributed by atoms with Crippen LogP contribution >= 0.6 is 0 Å². The van der Waals surface area contributed by atoms with Crippen LogP contribution in [0.1, 0.15) is 25.0 Å². The predicted molar refractivity (Wildman–Crippen MR) is 97.5 cm³/mol. The van der Waals surface area contributed by atoms with Gasteiger partial charge < -0.3 is 10.1 Å². The smallest absolute Gasteiger partial charge is 0.303 e. The Kier molecular flexibility index (Phi) is 6.02. The van der Waals surface area contributed by atoms with Crippen molar-refractivity contribution in [2.45, 2.75) is 20.0 Å². The molecule has 1 unspecified atom stereocenters. The second kappa shape index (κ2) is 8.22. The lowest BCUT2D eigenvalue weighted by Crippen LogP contribution is -2.29. The third-order valence-corrected chi connectivity index (χ3v) is 3.71. The fourth-order valence-electron chi connectivity index (χ4n) is 2.39. The molecule has 2 rings (SSSR count). The first-order chi connectivity index (χ1) is 12.7. The quantitative estimate of drug-likeness (QED) is 0.474. The summed E-state index contributed by atoms with van der Waals surface area (Å²) in [5.41, 5.74) is 0.415. The van der Waals surface area contributed by atoms with Gasteiger partial charge in [0.05, 0.1) is 4.92 Å². The zero-order valence-corrected chi connectivity index (χ0v) is 14.7. The van der Waals surface area contributed by atoms with Crippen LogP contribution in [0, 0.1) is 15.9 Å². The topological polar surface area (TPSA) is 98.5 Å². The van der Waals surface area contributed by atoms with E-state index in [-0.39, 0.29) is 28.1 Å². The van der Waals surface area contributed by atoms with Crippen molar-refractivity contribution in [1.82, 2.24) is 0 Å². The number of nitro benzene ring substituents is 1. The van der Waals surface area contributed by atoms with E-state index in [0.29, 0.717) is 0 Å². The number of ether oxygens (including phenoxy) is 1. The Morgan fingerprint density at radius 2 is 1.89 bits per heavy atom.